The summed E-state index contributed by atoms with van der Waals surface area (Å²) in [6, 6.07) is 20.2. The van der Waals surface area contributed by atoms with Crippen molar-refractivity contribution in [2.45, 2.75) is 26.8 Å². The van der Waals surface area contributed by atoms with Crippen LogP contribution < -0.4 is 15.4 Å². The van der Waals surface area contributed by atoms with E-state index in [1.807, 2.05) is 87.5 Å². The lowest BCUT2D eigenvalue weighted by Crippen LogP contribution is -2.31. The Morgan fingerprint density at radius 1 is 1.09 bits per heavy atom. The van der Waals surface area contributed by atoms with Crippen molar-refractivity contribution in [3.8, 4) is 17.1 Å². The zero-order valence-corrected chi connectivity index (χ0v) is 19.2. The van der Waals surface area contributed by atoms with Gasteiger partial charge < -0.3 is 19.8 Å². The molecule has 1 unspecified atom stereocenters. The van der Waals surface area contributed by atoms with E-state index < -0.39 is 6.04 Å². The Morgan fingerprint density at radius 3 is 2.53 bits per heavy atom. The standard InChI is InChI=1S/C26H25N5O3/c1-4-33-20-13-11-18(12-14-20)24-29-26-27-17(3)22(25(32)28-19-8-6-5-7-9-19)23(31(26)30-24)21-15-10-16(2)34-21/h5-15,23H,4H2,1-3H3,(H,28,32)(H,27,29,30). The van der Waals surface area contributed by atoms with Crippen LogP contribution in [0.15, 0.2) is 82.4 Å². The van der Waals surface area contributed by atoms with Crippen LogP contribution in [0.1, 0.15) is 31.4 Å². The number of nitrogens with one attached hydrogen (secondary N) is 2. The third-order valence-corrected chi connectivity index (χ3v) is 5.58. The number of amides is 1. The first kappa shape index (κ1) is 21.5. The number of rotatable bonds is 6. The van der Waals surface area contributed by atoms with Crippen molar-refractivity contribution in [1.29, 1.82) is 0 Å². The monoisotopic (exact) mass is 455 g/mol. The Balaban J connectivity index is 1.54. The summed E-state index contributed by atoms with van der Waals surface area (Å²) in [5, 5.41) is 11.0. The van der Waals surface area contributed by atoms with Crippen LogP contribution in [0, 0.1) is 6.92 Å². The van der Waals surface area contributed by atoms with E-state index in [0.29, 0.717) is 41.1 Å². The summed E-state index contributed by atoms with van der Waals surface area (Å²) in [5.74, 6) is 2.99. The van der Waals surface area contributed by atoms with Crippen LogP contribution in [0.2, 0.25) is 0 Å². The van der Waals surface area contributed by atoms with Crippen molar-refractivity contribution < 1.29 is 13.9 Å². The van der Waals surface area contributed by atoms with Crippen LogP contribution in [-0.2, 0) is 4.79 Å². The van der Waals surface area contributed by atoms with Crippen molar-refractivity contribution >= 4 is 17.5 Å². The Kier molecular flexibility index (Phi) is 5.63. The first-order valence-electron chi connectivity index (χ1n) is 11.1. The number of carbonyl (C=O) groups is 1. The third kappa shape index (κ3) is 4.05. The van der Waals surface area contributed by atoms with Crippen LogP contribution in [-0.4, -0.2) is 27.3 Å². The van der Waals surface area contributed by atoms with E-state index in [2.05, 4.69) is 10.6 Å². The van der Waals surface area contributed by atoms with E-state index in [9.17, 15) is 4.79 Å². The van der Waals surface area contributed by atoms with Gasteiger partial charge in [0.25, 0.3) is 5.91 Å². The van der Waals surface area contributed by atoms with E-state index in [0.717, 1.165) is 17.1 Å². The van der Waals surface area contributed by atoms with E-state index >= 15 is 0 Å². The van der Waals surface area contributed by atoms with Gasteiger partial charge in [-0.05, 0) is 69.3 Å². The molecule has 0 radical (unpaired) electrons. The van der Waals surface area contributed by atoms with Gasteiger partial charge in [-0.25, -0.2) is 4.68 Å². The average Bonchev–Trinajstić information content (AvgIpc) is 3.45. The molecule has 0 aliphatic carbocycles. The summed E-state index contributed by atoms with van der Waals surface area (Å²) in [6.45, 7) is 6.28. The SMILES string of the molecule is CCOc1ccc(-c2nc3n(n2)C(c2ccc(C)o2)C(C(=O)Nc2ccccc2)=C(C)N3)cc1. The fraction of sp³-hybridized carbons (Fsp3) is 0.192. The lowest BCUT2D eigenvalue weighted by atomic mass is 10.00. The molecule has 2 aromatic heterocycles. The molecule has 0 spiro atoms. The minimum absolute atomic E-state index is 0.237. The largest absolute Gasteiger partial charge is 0.494 e. The van der Waals surface area contributed by atoms with Crippen molar-refractivity contribution in [1.82, 2.24) is 14.8 Å². The molecule has 2 aromatic carbocycles. The van der Waals surface area contributed by atoms with E-state index in [4.69, 9.17) is 19.2 Å². The second kappa shape index (κ2) is 8.90. The van der Waals surface area contributed by atoms with Crippen LogP contribution >= 0.6 is 0 Å². The summed E-state index contributed by atoms with van der Waals surface area (Å²) >= 11 is 0. The number of hydrogen-bond acceptors (Lipinski definition) is 6. The highest BCUT2D eigenvalue weighted by molar-refractivity contribution is 6.05. The van der Waals surface area contributed by atoms with Gasteiger partial charge in [0.05, 0.1) is 12.2 Å². The number of ether oxygens (including phenoxy) is 1. The molecule has 1 amide bonds. The predicted octanol–water partition coefficient (Wildman–Crippen LogP) is 5.17. The quantitative estimate of drug-likeness (QED) is 0.416. The fourth-order valence-electron chi connectivity index (χ4n) is 4.02. The normalized spacial score (nSPS) is 15.0. The molecule has 3 heterocycles. The molecule has 4 aromatic rings. The minimum Gasteiger partial charge on any atom is -0.494 e. The number of carbonyl (C=O) groups excluding carboxylic acids is 1. The molecule has 5 rings (SSSR count). The Morgan fingerprint density at radius 2 is 1.85 bits per heavy atom. The number of benzene rings is 2. The van der Waals surface area contributed by atoms with Crippen LogP contribution in [0.4, 0.5) is 11.6 Å². The van der Waals surface area contributed by atoms with Gasteiger partial charge in [0, 0.05) is 16.9 Å². The maximum absolute atomic E-state index is 13.4. The molecule has 172 valence electrons. The van der Waals surface area contributed by atoms with Gasteiger partial charge in [-0.1, -0.05) is 18.2 Å². The van der Waals surface area contributed by atoms with Crippen LogP contribution in [0.5, 0.6) is 5.75 Å². The Labute approximate surface area is 197 Å². The molecule has 0 saturated carbocycles. The van der Waals surface area contributed by atoms with E-state index in [1.54, 1.807) is 4.68 Å². The maximum atomic E-state index is 13.4. The zero-order chi connectivity index (χ0) is 23.7. The number of hydrogen-bond donors (Lipinski definition) is 2. The fourth-order valence-corrected chi connectivity index (χ4v) is 4.02. The molecule has 8 nitrogen and oxygen atoms in total. The number of nitrogens with zero attached hydrogens (tertiary/aromatic N) is 3. The van der Waals surface area contributed by atoms with Gasteiger partial charge in [0.15, 0.2) is 5.82 Å². The molecule has 0 bridgehead atoms. The highest BCUT2D eigenvalue weighted by atomic mass is 16.5. The second-order valence-electron chi connectivity index (χ2n) is 8.00. The van der Waals surface area contributed by atoms with Crippen molar-refractivity contribution in [2.24, 2.45) is 0 Å². The molecule has 1 aliphatic heterocycles. The topological polar surface area (TPSA) is 94.2 Å². The third-order valence-electron chi connectivity index (χ3n) is 5.58. The first-order chi connectivity index (χ1) is 16.5. The van der Waals surface area contributed by atoms with Crippen LogP contribution in [0.3, 0.4) is 0 Å². The smallest absolute Gasteiger partial charge is 0.256 e. The molecule has 0 saturated heterocycles. The van der Waals surface area contributed by atoms with Crippen molar-refractivity contribution in [2.75, 3.05) is 17.2 Å². The molecular formula is C26H25N5O3. The molecule has 0 fully saturated rings. The minimum atomic E-state index is -0.572. The molecule has 34 heavy (non-hydrogen) atoms. The number of aromatic nitrogens is 3. The Bertz CT molecular complexity index is 1350. The zero-order valence-electron chi connectivity index (χ0n) is 19.2. The lowest BCUT2D eigenvalue weighted by molar-refractivity contribution is -0.113. The van der Waals surface area contributed by atoms with Crippen molar-refractivity contribution in [3.63, 3.8) is 0 Å². The van der Waals surface area contributed by atoms with Gasteiger partial charge in [-0.15, -0.1) is 5.10 Å². The van der Waals surface area contributed by atoms with Crippen LogP contribution in [0.25, 0.3) is 11.4 Å². The molecule has 1 atom stereocenters. The van der Waals surface area contributed by atoms with E-state index in [1.165, 1.54) is 0 Å². The van der Waals surface area contributed by atoms with Gasteiger partial charge >= 0.3 is 0 Å². The number of furan rings is 1. The van der Waals surface area contributed by atoms with Gasteiger partial charge in [-0.3, -0.25) is 4.79 Å². The summed E-state index contributed by atoms with van der Waals surface area (Å²) in [6.07, 6.45) is 0. The summed E-state index contributed by atoms with van der Waals surface area (Å²) < 4.78 is 13.2. The van der Waals surface area contributed by atoms with Crippen molar-refractivity contribution in [3.05, 3.63) is 89.5 Å². The number of fused-ring (bicyclic) bond motifs is 1. The Hall–Kier alpha value is -4.33. The summed E-state index contributed by atoms with van der Waals surface area (Å²) in [5.41, 5.74) is 2.75. The number of aryl methyl sites for hydroxylation is 1. The lowest BCUT2D eigenvalue weighted by Gasteiger charge is -2.27. The van der Waals surface area contributed by atoms with E-state index in [-0.39, 0.29) is 5.91 Å². The van der Waals surface area contributed by atoms with Gasteiger partial charge in [0.2, 0.25) is 5.95 Å². The van der Waals surface area contributed by atoms with Gasteiger partial charge in [0.1, 0.15) is 23.3 Å². The predicted molar refractivity (Wildman–Crippen MR) is 130 cm³/mol. The number of allylic oxidation sites excluding steroid dienone is 1. The molecule has 2 N–H and O–H groups in total. The molecule has 8 heteroatoms. The highest BCUT2D eigenvalue weighted by Gasteiger charge is 2.36. The number of anilines is 2. The maximum Gasteiger partial charge on any atom is 0.256 e. The second-order valence-corrected chi connectivity index (χ2v) is 8.00. The average molecular weight is 456 g/mol. The van der Waals surface area contributed by atoms with Gasteiger partial charge in [-0.2, -0.15) is 4.98 Å². The summed E-state index contributed by atoms with van der Waals surface area (Å²) in [7, 11) is 0. The molecular weight excluding hydrogens is 430 g/mol. The number of para-hydroxylation sites is 1. The highest BCUT2D eigenvalue weighted by Crippen LogP contribution is 2.37. The summed E-state index contributed by atoms with van der Waals surface area (Å²) in [4.78, 5) is 18.1. The molecule has 1 aliphatic rings. The first-order valence-corrected chi connectivity index (χ1v) is 11.1.